The van der Waals surface area contributed by atoms with E-state index in [2.05, 4.69) is 9.97 Å². The topological polar surface area (TPSA) is 210 Å². The first-order valence-electron chi connectivity index (χ1n) is 20.5. The number of carboxylic acids is 1. The van der Waals surface area contributed by atoms with Crippen LogP contribution in [-0.2, 0) is 39.7 Å². The summed E-state index contributed by atoms with van der Waals surface area (Å²) < 4.78 is 40.2. The molecule has 1 saturated heterocycles. The molecule has 334 valence electrons. The van der Waals surface area contributed by atoms with Gasteiger partial charge in [-0.25, -0.2) is 19.6 Å². The van der Waals surface area contributed by atoms with Gasteiger partial charge in [0.1, 0.15) is 43.0 Å². The quantitative estimate of drug-likeness (QED) is 0.0961. The number of aliphatic hydroxyl groups excluding tert-OH is 1. The van der Waals surface area contributed by atoms with Gasteiger partial charge in [0.05, 0.1) is 31.5 Å². The van der Waals surface area contributed by atoms with Crippen LogP contribution in [0.5, 0.6) is 0 Å². The standard InChI is InChI=1S/C47H58N2O13/c1-8-18-36(50)46(3,4)38-23-14-12-10-11-13-20-31(56-7)28-41-49-33(30-58-41)45(55)62-39(47(5,6)37(19-9-2)60-43(53)27-26-42(51)52)24-17-22-35-34(59-35)21-15-16-25-40-48-32(29-57-40)44(54)61-38/h8-22,25,29-31,34-39,50H,23-24,26-28H2,1-7H3,(H,51,52)/b11-10-,14-12-,18-8+,19-9+,20-13+,21-15+,22-17-,25-16-/t31-,34-,35+,36-,37-,38+,39+/m0/s1. The van der Waals surface area contributed by atoms with E-state index in [9.17, 15) is 24.3 Å². The number of methoxy groups -OCH3 is 1. The Balaban J connectivity index is 1.61. The van der Waals surface area contributed by atoms with Gasteiger partial charge in [-0.05, 0) is 19.9 Å². The average molecular weight is 859 g/mol. The third kappa shape index (κ3) is 14.6. The maximum Gasteiger partial charge on any atom is 0.360 e. The molecule has 0 unspecified atom stereocenters. The number of aliphatic hydroxyl groups is 1. The van der Waals surface area contributed by atoms with Crippen molar-refractivity contribution in [3.05, 3.63) is 127 Å². The highest BCUT2D eigenvalue weighted by atomic mass is 16.6. The second-order valence-electron chi connectivity index (χ2n) is 15.8. The average Bonchev–Trinajstić information content (AvgIpc) is 3.53. The lowest BCUT2D eigenvalue weighted by Crippen LogP contribution is -2.44. The predicted molar refractivity (Wildman–Crippen MR) is 228 cm³/mol. The summed E-state index contributed by atoms with van der Waals surface area (Å²) in [5.41, 5.74) is -1.96. The first-order valence-corrected chi connectivity index (χ1v) is 20.5. The van der Waals surface area contributed by atoms with Gasteiger partial charge in [-0.2, -0.15) is 0 Å². The second-order valence-corrected chi connectivity index (χ2v) is 15.8. The monoisotopic (exact) mass is 858 g/mol. The van der Waals surface area contributed by atoms with Crippen molar-refractivity contribution >= 4 is 30.0 Å². The fraction of sp³-hybridized carbons (Fsp3) is 0.447. The first kappa shape index (κ1) is 48.8. The van der Waals surface area contributed by atoms with E-state index in [0.717, 1.165) is 0 Å². The Labute approximate surface area is 362 Å². The Hall–Kier alpha value is -5.90. The number of aliphatic carboxylic acids is 1. The minimum absolute atomic E-state index is 0.0198. The number of aromatic nitrogens is 2. The minimum atomic E-state index is -1.13. The number of cyclic esters (lactones) is 2. The fourth-order valence-electron chi connectivity index (χ4n) is 6.26. The smallest absolute Gasteiger partial charge is 0.360 e. The molecule has 0 saturated carbocycles. The lowest BCUT2D eigenvalue weighted by molar-refractivity contribution is -0.158. The highest BCUT2D eigenvalue weighted by molar-refractivity contribution is 5.87. The van der Waals surface area contributed by atoms with E-state index in [1.807, 2.05) is 38.2 Å². The molecule has 2 aliphatic rings. The molecular formula is C47H58N2O13. The fourth-order valence-corrected chi connectivity index (χ4v) is 6.26. The third-order valence-corrected chi connectivity index (χ3v) is 10.4. The highest BCUT2D eigenvalue weighted by Crippen LogP contribution is 2.36. The summed E-state index contributed by atoms with van der Waals surface area (Å²) in [6.07, 6.45) is 26.1. The maximum atomic E-state index is 13.6. The molecule has 1 fully saturated rings. The van der Waals surface area contributed by atoms with Crippen LogP contribution >= 0.6 is 0 Å². The van der Waals surface area contributed by atoms with E-state index in [-0.39, 0.29) is 61.1 Å². The Morgan fingerprint density at radius 3 is 2.13 bits per heavy atom. The van der Waals surface area contributed by atoms with E-state index in [1.54, 1.807) is 101 Å². The highest BCUT2D eigenvalue weighted by Gasteiger charge is 2.42. The number of epoxide rings is 1. The van der Waals surface area contributed by atoms with Crippen molar-refractivity contribution in [2.24, 2.45) is 10.8 Å². The summed E-state index contributed by atoms with van der Waals surface area (Å²) >= 11 is 0. The van der Waals surface area contributed by atoms with Crippen LogP contribution in [-0.4, -0.2) is 93.9 Å². The first-order chi connectivity index (χ1) is 29.6. The molecule has 2 aromatic rings. The number of allylic oxidation sites excluding steroid dienone is 8. The molecule has 2 aliphatic heterocycles. The Bertz CT molecular complexity index is 2060. The molecule has 4 bridgehead atoms. The number of oxazole rings is 2. The van der Waals surface area contributed by atoms with Gasteiger partial charge in [-0.3, -0.25) is 9.59 Å². The molecule has 0 aromatic carbocycles. The summed E-state index contributed by atoms with van der Waals surface area (Å²) in [5.74, 6) is -2.87. The number of rotatable bonds is 11. The van der Waals surface area contributed by atoms with Crippen LogP contribution in [0.25, 0.3) is 6.08 Å². The molecule has 4 heterocycles. The molecule has 0 aliphatic carbocycles. The molecule has 0 spiro atoms. The van der Waals surface area contributed by atoms with E-state index < -0.39 is 65.2 Å². The molecule has 0 radical (unpaired) electrons. The number of nitrogens with zero attached hydrogens (tertiary/aromatic N) is 2. The second kappa shape index (κ2) is 23.4. The summed E-state index contributed by atoms with van der Waals surface area (Å²) in [5, 5.41) is 20.0. The van der Waals surface area contributed by atoms with Crippen molar-refractivity contribution in [1.82, 2.24) is 9.97 Å². The van der Waals surface area contributed by atoms with Crippen molar-refractivity contribution in [1.29, 1.82) is 0 Å². The minimum Gasteiger partial charge on any atom is -0.481 e. The SMILES string of the molecule is C/C=C/[C@H](OC(=O)CCC(=O)O)C(C)(C)[C@H]1C/C=C\[C@H]2O[C@H]2/C=C/C=C\c2nc(co2)C(=O)O[C@@H](C(C)(C)[C@@H](O)/C=C/C)C\C=C/C=C\C=C\[C@H](OC)Cc2nc(co2)C(=O)O1. The molecule has 2 aromatic heterocycles. The molecule has 2 N–H and O–H groups in total. The van der Waals surface area contributed by atoms with E-state index in [0.29, 0.717) is 6.42 Å². The van der Waals surface area contributed by atoms with Gasteiger partial charge in [-0.15, -0.1) is 0 Å². The Morgan fingerprint density at radius 2 is 1.44 bits per heavy atom. The third-order valence-electron chi connectivity index (χ3n) is 10.4. The summed E-state index contributed by atoms with van der Waals surface area (Å²) in [6.45, 7) is 10.8. The largest absolute Gasteiger partial charge is 0.481 e. The van der Waals surface area contributed by atoms with E-state index in [4.69, 9.17) is 37.6 Å². The molecule has 0 amide bonds. The molecular weight excluding hydrogens is 801 g/mol. The summed E-state index contributed by atoms with van der Waals surface area (Å²) in [7, 11) is 1.53. The lowest BCUT2D eigenvalue weighted by Gasteiger charge is -2.38. The van der Waals surface area contributed by atoms with Gasteiger partial charge < -0.3 is 42.7 Å². The Kier molecular flexibility index (Phi) is 18.4. The van der Waals surface area contributed by atoms with Crippen molar-refractivity contribution in [2.45, 2.75) is 116 Å². The normalized spacial score (nSPS) is 26.2. The van der Waals surface area contributed by atoms with E-state index >= 15 is 0 Å². The zero-order chi connectivity index (χ0) is 45.3. The maximum absolute atomic E-state index is 13.6. The van der Waals surface area contributed by atoms with E-state index in [1.165, 1.54) is 19.6 Å². The number of hydrogen-bond acceptors (Lipinski definition) is 14. The zero-order valence-electron chi connectivity index (χ0n) is 36.2. The lowest BCUT2D eigenvalue weighted by atomic mass is 9.78. The van der Waals surface area contributed by atoms with Gasteiger partial charge in [0.2, 0.25) is 5.89 Å². The number of carbonyl (C=O) groups excluding carboxylic acids is 3. The number of carbonyl (C=O) groups is 4. The van der Waals surface area contributed by atoms with Gasteiger partial charge in [0.15, 0.2) is 17.3 Å². The molecule has 15 heteroatoms. The molecule has 7 atom stereocenters. The van der Waals surface area contributed by atoms with Crippen molar-refractivity contribution < 1.29 is 61.9 Å². The van der Waals surface area contributed by atoms with Gasteiger partial charge in [0.25, 0.3) is 0 Å². The molecule has 62 heavy (non-hydrogen) atoms. The van der Waals surface area contributed by atoms with Crippen molar-refractivity contribution in [2.75, 3.05) is 7.11 Å². The number of ether oxygens (including phenoxy) is 5. The number of esters is 3. The molecule has 15 nitrogen and oxygen atoms in total. The van der Waals surface area contributed by atoms with Gasteiger partial charge in [-0.1, -0.05) is 113 Å². The number of hydrogen-bond donors (Lipinski definition) is 2. The zero-order valence-corrected chi connectivity index (χ0v) is 36.2. The summed E-state index contributed by atoms with van der Waals surface area (Å²) in [4.78, 5) is 59.3. The molecule has 4 rings (SSSR count). The van der Waals surface area contributed by atoms with Crippen LogP contribution in [0.4, 0.5) is 0 Å². The van der Waals surface area contributed by atoms with Crippen LogP contribution in [0.15, 0.2) is 113 Å². The van der Waals surface area contributed by atoms with Crippen LogP contribution < -0.4 is 0 Å². The van der Waals surface area contributed by atoms with Crippen LogP contribution in [0.3, 0.4) is 0 Å². The van der Waals surface area contributed by atoms with Gasteiger partial charge >= 0.3 is 23.9 Å². The van der Waals surface area contributed by atoms with Crippen molar-refractivity contribution in [3.63, 3.8) is 0 Å². The van der Waals surface area contributed by atoms with Crippen LogP contribution in [0.1, 0.15) is 100.0 Å². The number of carboxylic acid groups (broad SMARTS) is 1. The summed E-state index contributed by atoms with van der Waals surface area (Å²) in [6, 6.07) is 0. The number of fused-ring (bicyclic) bond motifs is 5. The van der Waals surface area contributed by atoms with Gasteiger partial charge in [0, 0.05) is 36.9 Å². The van der Waals surface area contributed by atoms with Crippen LogP contribution in [0.2, 0.25) is 0 Å². The van der Waals surface area contributed by atoms with Crippen LogP contribution in [0, 0.1) is 10.8 Å². The predicted octanol–water partition coefficient (Wildman–Crippen LogP) is 7.67. The Morgan fingerprint density at radius 1 is 0.806 bits per heavy atom. The van der Waals surface area contributed by atoms with Crippen molar-refractivity contribution in [3.8, 4) is 0 Å².